The van der Waals surface area contributed by atoms with Crippen molar-refractivity contribution in [2.75, 3.05) is 6.54 Å². The number of carbonyl (C=O) groups is 1. The first-order chi connectivity index (χ1) is 10.6. The maximum atomic E-state index is 12.4. The van der Waals surface area contributed by atoms with Gasteiger partial charge in [-0.15, -0.1) is 0 Å². The molecule has 116 valence electrons. The maximum Gasteiger partial charge on any atom is 0.254 e. The van der Waals surface area contributed by atoms with Crippen molar-refractivity contribution in [2.45, 2.75) is 44.9 Å². The van der Waals surface area contributed by atoms with Gasteiger partial charge in [-0.2, -0.15) is 0 Å². The summed E-state index contributed by atoms with van der Waals surface area (Å²) in [5, 5.41) is 3.14. The van der Waals surface area contributed by atoms with Crippen LogP contribution in [-0.4, -0.2) is 12.5 Å². The van der Waals surface area contributed by atoms with Crippen molar-refractivity contribution in [3.63, 3.8) is 0 Å². The van der Waals surface area contributed by atoms with Crippen LogP contribution in [0.25, 0.3) is 0 Å². The van der Waals surface area contributed by atoms with Crippen LogP contribution in [-0.2, 0) is 5.41 Å². The van der Waals surface area contributed by atoms with Crippen LogP contribution in [0.3, 0.4) is 0 Å². The number of amides is 1. The lowest BCUT2D eigenvalue weighted by molar-refractivity contribution is 0.0941. The molecular weight excluding hydrogens is 274 g/mol. The monoisotopic (exact) mass is 297 g/mol. The molecule has 1 aliphatic carbocycles. The Morgan fingerprint density at radius 3 is 2.45 bits per heavy atom. The second-order valence-electron chi connectivity index (χ2n) is 6.36. The molecule has 0 aliphatic heterocycles. The Hall–Kier alpha value is -2.03. The smallest absolute Gasteiger partial charge is 0.254 e. The standard InChI is InChI=1S/C19H23NO2/c1-14-12-17(15(2)22-14)18(21)20-13-19(10-6-7-11-19)16-8-4-3-5-9-16/h3-5,8-9,12H,6-7,10-11,13H2,1-2H3,(H,20,21). The molecule has 1 amide bonds. The summed E-state index contributed by atoms with van der Waals surface area (Å²) in [6.07, 6.45) is 4.74. The largest absolute Gasteiger partial charge is 0.466 e. The number of furan rings is 1. The van der Waals surface area contributed by atoms with Crippen LogP contribution in [0.15, 0.2) is 40.8 Å². The van der Waals surface area contributed by atoms with Gasteiger partial charge in [0.2, 0.25) is 0 Å². The first-order valence-corrected chi connectivity index (χ1v) is 8.01. The minimum atomic E-state index is -0.0310. The molecule has 1 fully saturated rings. The Bertz CT molecular complexity index is 651. The van der Waals surface area contributed by atoms with Gasteiger partial charge in [0.1, 0.15) is 11.5 Å². The van der Waals surface area contributed by atoms with Crippen LogP contribution in [0, 0.1) is 13.8 Å². The van der Waals surface area contributed by atoms with Gasteiger partial charge in [-0.1, -0.05) is 43.2 Å². The van der Waals surface area contributed by atoms with Crippen molar-refractivity contribution in [1.82, 2.24) is 5.32 Å². The Kier molecular flexibility index (Phi) is 4.06. The molecule has 0 atom stereocenters. The van der Waals surface area contributed by atoms with E-state index in [2.05, 4.69) is 29.6 Å². The minimum absolute atomic E-state index is 0.0310. The van der Waals surface area contributed by atoms with Gasteiger partial charge in [0.05, 0.1) is 5.56 Å². The third-order valence-corrected chi connectivity index (χ3v) is 4.82. The predicted octanol–water partition coefficient (Wildman–Crippen LogP) is 4.14. The average Bonchev–Trinajstić information content (AvgIpc) is 3.13. The molecule has 22 heavy (non-hydrogen) atoms. The first-order valence-electron chi connectivity index (χ1n) is 8.01. The predicted molar refractivity (Wildman–Crippen MR) is 87.1 cm³/mol. The SMILES string of the molecule is Cc1cc(C(=O)NCC2(c3ccccc3)CCCC2)c(C)o1. The zero-order valence-corrected chi connectivity index (χ0v) is 13.3. The molecule has 3 nitrogen and oxygen atoms in total. The summed E-state index contributed by atoms with van der Waals surface area (Å²) in [6.45, 7) is 4.40. The fraction of sp³-hybridized carbons (Fsp3) is 0.421. The summed E-state index contributed by atoms with van der Waals surface area (Å²) in [7, 11) is 0. The maximum absolute atomic E-state index is 12.4. The van der Waals surface area contributed by atoms with Gasteiger partial charge in [0, 0.05) is 12.0 Å². The number of carbonyl (C=O) groups excluding carboxylic acids is 1. The second-order valence-corrected chi connectivity index (χ2v) is 6.36. The number of benzene rings is 1. The lowest BCUT2D eigenvalue weighted by atomic mass is 9.79. The van der Waals surface area contributed by atoms with E-state index in [0.29, 0.717) is 17.9 Å². The van der Waals surface area contributed by atoms with E-state index >= 15 is 0 Å². The number of aryl methyl sites for hydroxylation is 2. The van der Waals surface area contributed by atoms with E-state index in [-0.39, 0.29) is 11.3 Å². The highest BCUT2D eigenvalue weighted by Crippen LogP contribution is 2.40. The summed E-state index contributed by atoms with van der Waals surface area (Å²) in [6, 6.07) is 12.4. The zero-order valence-electron chi connectivity index (χ0n) is 13.3. The van der Waals surface area contributed by atoms with Crippen molar-refractivity contribution >= 4 is 5.91 Å². The first kappa shape index (κ1) is 14.9. The van der Waals surface area contributed by atoms with Crippen molar-refractivity contribution < 1.29 is 9.21 Å². The van der Waals surface area contributed by atoms with E-state index in [1.165, 1.54) is 18.4 Å². The summed E-state index contributed by atoms with van der Waals surface area (Å²) < 4.78 is 5.46. The molecular formula is C19H23NO2. The quantitative estimate of drug-likeness (QED) is 0.921. The van der Waals surface area contributed by atoms with Gasteiger partial charge >= 0.3 is 0 Å². The molecule has 1 aromatic carbocycles. The summed E-state index contributed by atoms with van der Waals surface area (Å²) in [4.78, 5) is 12.4. The fourth-order valence-corrected chi connectivity index (χ4v) is 3.61. The number of rotatable bonds is 4. The molecule has 1 N–H and O–H groups in total. The number of nitrogens with one attached hydrogen (secondary N) is 1. The number of hydrogen-bond donors (Lipinski definition) is 1. The normalized spacial score (nSPS) is 16.6. The summed E-state index contributed by atoms with van der Waals surface area (Å²) >= 11 is 0. The minimum Gasteiger partial charge on any atom is -0.466 e. The van der Waals surface area contributed by atoms with Crippen molar-refractivity contribution in [2.24, 2.45) is 0 Å². The molecule has 0 bridgehead atoms. The molecule has 3 heteroatoms. The van der Waals surface area contributed by atoms with E-state index < -0.39 is 0 Å². The van der Waals surface area contributed by atoms with Crippen LogP contribution in [0.5, 0.6) is 0 Å². The molecule has 0 saturated heterocycles. The molecule has 1 heterocycles. The van der Waals surface area contributed by atoms with E-state index in [1.54, 1.807) is 0 Å². The van der Waals surface area contributed by atoms with Crippen LogP contribution in [0.1, 0.15) is 53.1 Å². The molecule has 1 aromatic heterocycles. The van der Waals surface area contributed by atoms with Crippen LogP contribution in [0.2, 0.25) is 0 Å². The average molecular weight is 297 g/mol. The second kappa shape index (κ2) is 5.99. The number of hydrogen-bond acceptors (Lipinski definition) is 2. The summed E-state index contributed by atoms with van der Waals surface area (Å²) in [5.74, 6) is 1.44. The van der Waals surface area contributed by atoms with Crippen molar-refractivity contribution in [3.05, 3.63) is 59.0 Å². The Labute approximate surface area is 131 Å². The van der Waals surface area contributed by atoms with Gasteiger partial charge in [-0.3, -0.25) is 4.79 Å². The van der Waals surface area contributed by atoms with Gasteiger partial charge in [0.25, 0.3) is 5.91 Å². The molecule has 0 unspecified atom stereocenters. The molecule has 1 aliphatic rings. The van der Waals surface area contributed by atoms with E-state index in [9.17, 15) is 4.79 Å². The van der Waals surface area contributed by atoms with Gasteiger partial charge in [-0.05, 0) is 38.3 Å². The Balaban J connectivity index is 1.76. The van der Waals surface area contributed by atoms with E-state index in [4.69, 9.17) is 4.42 Å². The van der Waals surface area contributed by atoms with E-state index in [0.717, 1.165) is 18.6 Å². The topological polar surface area (TPSA) is 42.2 Å². The third-order valence-electron chi connectivity index (χ3n) is 4.82. The lowest BCUT2D eigenvalue weighted by Crippen LogP contribution is -2.39. The molecule has 0 radical (unpaired) electrons. The van der Waals surface area contributed by atoms with Crippen LogP contribution in [0.4, 0.5) is 0 Å². The highest BCUT2D eigenvalue weighted by molar-refractivity contribution is 5.95. The van der Waals surface area contributed by atoms with Gasteiger partial charge < -0.3 is 9.73 Å². The third kappa shape index (κ3) is 2.80. The van der Waals surface area contributed by atoms with Gasteiger partial charge in [-0.25, -0.2) is 0 Å². The van der Waals surface area contributed by atoms with Crippen molar-refractivity contribution in [1.29, 1.82) is 0 Å². The fourth-order valence-electron chi connectivity index (χ4n) is 3.61. The highest BCUT2D eigenvalue weighted by Gasteiger charge is 2.35. The Morgan fingerprint density at radius 1 is 1.18 bits per heavy atom. The van der Waals surface area contributed by atoms with Crippen LogP contribution >= 0.6 is 0 Å². The van der Waals surface area contributed by atoms with E-state index in [1.807, 2.05) is 26.0 Å². The molecule has 3 rings (SSSR count). The Morgan fingerprint density at radius 2 is 1.86 bits per heavy atom. The molecule has 1 saturated carbocycles. The summed E-state index contributed by atoms with van der Waals surface area (Å²) in [5.41, 5.74) is 2.08. The van der Waals surface area contributed by atoms with Crippen LogP contribution < -0.4 is 5.32 Å². The zero-order chi connectivity index (χ0) is 15.6. The molecule has 2 aromatic rings. The highest BCUT2D eigenvalue weighted by atomic mass is 16.3. The molecule has 0 spiro atoms. The lowest BCUT2D eigenvalue weighted by Gasteiger charge is -2.30. The van der Waals surface area contributed by atoms with Gasteiger partial charge in [0.15, 0.2) is 0 Å². The van der Waals surface area contributed by atoms with Crippen molar-refractivity contribution in [3.8, 4) is 0 Å².